The van der Waals surface area contributed by atoms with Crippen LogP contribution < -0.4 is 20.7 Å². The van der Waals surface area contributed by atoms with E-state index < -0.39 is 24.1 Å². The van der Waals surface area contributed by atoms with Crippen LogP contribution in [0.4, 0.5) is 18.9 Å². The van der Waals surface area contributed by atoms with E-state index in [4.69, 9.17) is 10.5 Å². The molecule has 4 aromatic rings. The molecule has 0 aliphatic carbocycles. The Balaban J connectivity index is 1.39. The lowest BCUT2D eigenvalue weighted by Gasteiger charge is -2.29. The third-order valence-corrected chi connectivity index (χ3v) is 6.79. The van der Waals surface area contributed by atoms with E-state index in [0.717, 1.165) is 40.8 Å². The Kier molecular flexibility index (Phi) is 7.76. The van der Waals surface area contributed by atoms with E-state index in [1.54, 1.807) is 0 Å². The first-order valence-corrected chi connectivity index (χ1v) is 12.7. The summed E-state index contributed by atoms with van der Waals surface area (Å²) in [6.07, 6.45) is -2.70. The molecule has 1 aromatic heterocycles. The molecule has 3 aromatic carbocycles. The van der Waals surface area contributed by atoms with Crippen LogP contribution in [0, 0.1) is 0 Å². The van der Waals surface area contributed by atoms with Crippen LogP contribution in [0.1, 0.15) is 15.9 Å². The van der Waals surface area contributed by atoms with Crippen molar-refractivity contribution in [3.63, 3.8) is 0 Å². The molecule has 1 aliphatic rings. The number of nitrogens with two attached hydrogens (primary N) is 1. The van der Waals surface area contributed by atoms with Gasteiger partial charge in [-0.05, 0) is 53.4 Å². The number of nitrogens with one attached hydrogen (secondary N) is 2. The number of morpholine rings is 1. The van der Waals surface area contributed by atoms with Crippen molar-refractivity contribution in [3.8, 4) is 16.9 Å². The van der Waals surface area contributed by atoms with Gasteiger partial charge in [0.2, 0.25) is 0 Å². The number of nitrogens with zero attached hydrogens (tertiary/aromatic N) is 1. The van der Waals surface area contributed by atoms with Crippen molar-refractivity contribution in [2.75, 3.05) is 37.7 Å². The predicted molar refractivity (Wildman–Crippen MR) is 144 cm³/mol. The number of hydrogen-bond acceptors (Lipinski definition) is 5. The number of benzene rings is 3. The summed E-state index contributed by atoms with van der Waals surface area (Å²) in [6, 6.07) is 19.0. The minimum atomic E-state index is -4.95. The third-order valence-electron chi connectivity index (χ3n) is 6.79. The van der Waals surface area contributed by atoms with Crippen LogP contribution in [0.3, 0.4) is 0 Å². The van der Waals surface area contributed by atoms with Crippen molar-refractivity contribution in [1.29, 1.82) is 0 Å². The van der Waals surface area contributed by atoms with E-state index >= 15 is 0 Å². The van der Waals surface area contributed by atoms with E-state index in [-0.39, 0.29) is 12.1 Å². The molecule has 7 nitrogen and oxygen atoms in total. The summed E-state index contributed by atoms with van der Waals surface area (Å²) < 4.78 is 49.1. The van der Waals surface area contributed by atoms with Crippen molar-refractivity contribution in [3.05, 3.63) is 84.1 Å². The van der Waals surface area contributed by atoms with E-state index in [1.807, 2.05) is 54.7 Å². The number of para-hydroxylation sites is 1. The zero-order valence-corrected chi connectivity index (χ0v) is 21.1. The molecule has 1 atom stereocenters. The highest BCUT2D eigenvalue weighted by atomic mass is 19.4. The maximum Gasteiger partial charge on any atom is 0.573 e. The van der Waals surface area contributed by atoms with Crippen LogP contribution in [0.25, 0.3) is 22.0 Å². The molecule has 39 heavy (non-hydrogen) atoms. The Labute approximate surface area is 223 Å². The predicted octanol–water partition coefficient (Wildman–Crippen LogP) is 4.87. The highest BCUT2D eigenvalue weighted by Gasteiger charge is 2.33. The average molecular weight is 539 g/mol. The minimum Gasteiger partial charge on any atom is -0.405 e. The highest BCUT2D eigenvalue weighted by Crippen LogP contribution is 2.32. The largest absolute Gasteiger partial charge is 0.573 e. The quantitative estimate of drug-likeness (QED) is 0.298. The number of amides is 1. The van der Waals surface area contributed by atoms with Crippen LogP contribution in [0.15, 0.2) is 72.9 Å². The number of carbonyl (C=O) groups is 1. The van der Waals surface area contributed by atoms with Crippen molar-refractivity contribution in [2.45, 2.75) is 18.8 Å². The molecule has 0 spiro atoms. The molecular weight excluding hydrogens is 509 g/mol. The zero-order chi connectivity index (χ0) is 27.4. The summed E-state index contributed by atoms with van der Waals surface area (Å²) in [7, 11) is 0. The molecule has 1 amide bonds. The zero-order valence-electron chi connectivity index (χ0n) is 21.1. The fourth-order valence-corrected chi connectivity index (χ4v) is 4.81. The van der Waals surface area contributed by atoms with Crippen LogP contribution in [-0.4, -0.2) is 56.1 Å². The van der Waals surface area contributed by atoms with Crippen LogP contribution in [-0.2, 0) is 11.2 Å². The lowest BCUT2D eigenvalue weighted by molar-refractivity contribution is -0.274. The normalized spacial score (nSPS) is 14.8. The van der Waals surface area contributed by atoms with Gasteiger partial charge in [-0.2, -0.15) is 0 Å². The molecule has 5 rings (SSSR count). The van der Waals surface area contributed by atoms with Crippen LogP contribution in [0.2, 0.25) is 0 Å². The van der Waals surface area contributed by atoms with E-state index in [9.17, 15) is 18.0 Å². The fraction of sp³-hybridized carbons (Fsp3) is 0.276. The van der Waals surface area contributed by atoms with Crippen LogP contribution >= 0.6 is 0 Å². The van der Waals surface area contributed by atoms with Crippen molar-refractivity contribution < 1.29 is 27.4 Å². The highest BCUT2D eigenvalue weighted by molar-refractivity contribution is 5.98. The Morgan fingerprint density at radius 1 is 1.05 bits per heavy atom. The second kappa shape index (κ2) is 11.4. The third kappa shape index (κ3) is 6.35. The number of aromatic amines is 1. The van der Waals surface area contributed by atoms with E-state index in [0.29, 0.717) is 25.2 Å². The number of hydrogen-bond donors (Lipinski definition) is 3. The fourth-order valence-electron chi connectivity index (χ4n) is 4.81. The van der Waals surface area contributed by atoms with Gasteiger partial charge in [-0.3, -0.25) is 4.79 Å². The molecule has 2 heterocycles. The first kappa shape index (κ1) is 26.6. The molecule has 1 unspecified atom stereocenters. The molecule has 0 bridgehead atoms. The van der Waals surface area contributed by atoms with Crippen LogP contribution in [0.5, 0.6) is 5.75 Å². The number of anilines is 1. The lowest BCUT2D eigenvalue weighted by atomic mass is 10.0. The van der Waals surface area contributed by atoms with Crippen molar-refractivity contribution in [2.24, 2.45) is 5.73 Å². The van der Waals surface area contributed by atoms with Crippen molar-refractivity contribution in [1.82, 2.24) is 10.3 Å². The SMILES string of the molecule is NCC(Cc1c[nH]c2ccccc12)NC(=O)c1cc(-c2ccc(N3CCOCC3)cc2)ccc1OC(F)(F)F. The summed E-state index contributed by atoms with van der Waals surface area (Å²) in [5.74, 6) is -1.27. The Bertz CT molecular complexity index is 1430. The number of H-pyrrole nitrogens is 1. The Morgan fingerprint density at radius 3 is 2.49 bits per heavy atom. The van der Waals surface area contributed by atoms with E-state index in [2.05, 4.69) is 19.9 Å². The number of rotatable bonds is 8. The first-order chi connectivity index (χ1) is 18.8. The molecule has 0 radical (unpaired) electrons. The molecule has 1 fully saturated rings. The Hall–Kier alpha value is -4.02. The van der Waals surface area contributed by atoms with Gasteiger partial charge >= 0.3 is 6.36 Å². The number of alkyl halides is 3. The molecule has 4 N–H and O–H groups in total. The maximum atomic E-state index is 13.3. The average Bonchev–Trinajstić information content (AvgIpc) is 3.35. The summed E-state index contributed by atoms with van der Waals surface area (Å²) >= 11 is 0. The molecule has 1 aliphatic heterocycles. The smallest absolute Gasteiger partial charge is 0.405 e. The lowest BCUT2D eigenvalue weighted by Crippen LogP contribution is -2.42. The second-order valence-electron chi connectivity index (χ2n) is 9.37. The van der Waals surface area contributed by atoms with Crippen molar-refractivity contribution >= 4 is 22.5 Å². The Morgan fingerprint density at radius 2 is 1.77 bits per heavy atom. The molecular formula is C29H29F3N4O3. The van der Waals surface area contributed by atoms with Gasteiger partial charge in [-0.15, -0.1) is 13.2 Å². The summed E-state index contributed by atoms with van der Waals surface area (Å²) in [6.45, 7) is 2.99. The minimum absolute atomic E-state index is 0.101. The van der Waals surface area contributed by atoms with Gasteiger partial charge in [0.1, 0.15) is 5.75 Å². The topological polar surface area (TPSA) is 92.6 Å². The first-order valence-electron chi connectivity index (χ1n) is 12.7. The van der Waals surface area contributed by atoms with Gasteiger partial charge in [-0.25, -0.2) is 0 Å². The van der Waals surface area contributed by atoms with Gasteiger partial charge in [-0.1, -0.05) is 36.4 Å². The summed E-state index contributed by atoms with van der Waals surface area (Å²) in [5.41, 5.74) is 9.99. The van der Waals surface area contributed by atoms with Gasteiger partial charge in [0.05, 0.1) is 18.8 Å². The second-order valence-corrected chi connectivity index (χ2v) is 9.37. The molecule has 0 saturated carbocycles. The number of halogens is 3. The summed E-state index contributed by atoms with van der Waals surface area (Å²) in [4.78, 5) is 18.7. The number of aromatic nitrogens is 1. The van der Waals surface area contributed by atoms with Gasteiger partial charge in [0, 0.05) is 48.5 Å². The van der Waals surface area contributed by atoms with Gasteiger partial charge < -0.3 is 30.4 Å². The van der Waals surface area contributed by atoms with Gasteiger partial charge in [0.15, 0.2) is 0 Å². The number of carbonyl (C=O) groups excluding carboxylic acids is 1. The monoisotopic (exact) mass is 538 g/mol. The molecule has 204 valence electrons. The maximum absolute atomic E-state index is 13.3. The molecule has 10 heteroatoms. The number of fused-ring (bicyclic) bond motifs is 1. The standard InChI is InChI=1S/C29H29F3N4O3/c30-29(31,32)39-27-10-7-20(19-5-8-23(9-6-19)36-11-13-38-14-12-36)16-25(27)28(37)35-22(17-33)15-21-18-34-26-4-2-1-3-24(21)26/h1-10,16,18,22,34H,11-15,17,33H2,(H,35,37). The summed E-state index contributed by atoms with van der Waals surface area (Å²) in [5, 5.41) is 3.79. The number of ether oxygens (including phenoxy) is 2. The van der Waals surface area contributed by atoms with E-state index in [1.165, 1.54) is 18.2 Å². The van der Waals surface area contributed by atoms with Gasteiger partial charge in [0.25, 0.3) is 5.91 Å². The molecule has 1 saturated heterocycles.